The highest BCUT2D eigenvalue weighted by Gasteiger charge is 2.46. The predicted octanol–water partition coefficient (Wildman–Crippen LogP) is 3.31. The number of aliphatic hydroxyl groups excluding tert-OH is 3. The Bertz CT molecular complexity index is 1240. The van der Waals surface area contributed by atoms with E-state index in [2.05, 4.69) is 31.2 Å². The van der Waals surface area contributed by atoms with Gasteiger partial charge in [0, 0.05) is 21.1 Å². The molecule has 3 heterocycles. The van der Waals surface area contributed by atoms with Gasteiger partial charge in [-0.1, -0.05) is 17.0 Å². The number of aliphatic hydroxyl groups is 3. The van der Waals surface area contributed by atoms with Crippen molar-refractivity contribution >= 4 is 27.7 Å². The number of benzene rings is 1. The van der Waals surface area contributed by atoms with Gasteiger partial charge in [0.25, 0.3) is 0 Å². The first-order valence-corrected chi connectivity index (χ1v) is 11.7. The smallest absolute Gasteiger partial charge is 0.394 e. The van der Waals surface area contributed by atoms with Gasteiger partial charge in [0.1, 0.15) is 35.5 Å². The number of hydrogen-bond acceptors (Lipinski definition) is 8. The molecule has 194 valence electrons. The highest BCUT2D eigenvalue weighted by molar-refractivity contribution is 9.10. The largest absolute Gasteiger partial charge is 0.434 e. The lowest BCUT2D eigenvalue weighted by Crippen LogP contribution is -2.55. The van der Waals surface area contributed by atoms with Gasteiger partial charge in [-0.15, -0.1) is 5.10 Å². The summed E-state index contributed by atoms with van der Waals surface area (Å²) in [6, 6.07) is 1.20. The Morgan fingerprint density at radius 3 is 2.33 bits per heavy atom. The maximum Gasteiger partial charge on any atom is 0.434 e. The van der Waals surface area contributed by atoms with Gasteiger partial charge in [0.2, 0.25) is 0 Å². The van der Waals surface area contributed by atoms with Crippen LogP contribution in [0.15, 0.2) is 40.0 Å². The second-order valence-corrected chi connectivity index (χ2v) is 9.68. The minimum atomic E-state index is -4.69. The van der Waals surface area contributed by atoms with Crippen molar-refractivity contribution in [3.63, 3.8) is 0 Å². The average Bonchev–Trinajstić information content (AvgIpc) is 3.28. The highest BCUT2D eigenvalue weighted by Crippen LogP contribution is 2.40. The maximum atomic E-state index is 13.6. The molecule has 1 aromatic carbocycles. The summed E-state index contributed by atoms with van der Waals surface area (Å²) in [5.74, 6) is -4.59. The van der Waals surface area contributed by atoms with E-state index in [0.717, 1.165) is 34.9 Å². The lowest BCUT2D eigenvalue weighted by atomic mass is 9.97. The normalized spacial score (nSPS) is 24.8. The zero-order chi connectivity index (χ0) is 26.4. The third-order valence-electron chi connectivity index (χ3n) is 5.28. The van der Waals surface area contributed by atoms with E-state index in [1.165, 1.54) is 0 Å². The van der Waals surface area contributed by atoms with Crippen molar-refractivity contribution in [2.45, 2.75) is 40.9 Å². The second kappa shape index (κ2) is 10.3. The quantitative estimate of drug-likeness (QED) is 0.302. The van der Waals surface area contributed by atoms with E-state index in [1.54, 1.807) is 0 Å². The summed E-state index contributed by atoms with van der Waals surface area (Å²) in [7, 11) is 0. The van der Waals surface area contributed by atoms with E-state index in [9.17, 15) is 41.7 Å². The molecule has 0 spiro atoms. The van der Waals surface area contributed by atoms with Gasteiger partial charge in [-0.2, -0.15) is 13.2 Å². The van der Waals surface area contributed by atoms with Crippen molar-refractivity contribution in [3.05, 3.63) is 58.2 Å². The average molecular weight is 601 g/mol. The van der Waals surface area contributed by atoms with Crippen LogP contribution >= 0.6 is 27.7 Å². The van der Waals surface area contributed by atoms with Crippen molar-refractivity contribution in [2.75, 3.05) is 6.61 Å². The molecule has 36 heavy (non-hydrogen) atoms. The molecule has 4 rings (SSSR count). The van der Waals surface area contributed by atoms with E-state index >= 15 is 0 Å². The maximum absolute atomic E-state index is 13.6. The third-order valence-corrected chi connectivity index (χ3v) is 7.00. The van der Waals surface area contributed by atoms with Crippen LogP contribution < -0.4 is 0 Å². The van der Waals surface area contributed by atoms with E-state index in [-0.39, 0.29) is 20.6 Å². The molecule has 1 aliphatic rings. The first kappa shape index (κ1) is 26.8. The van der Waals surface area contributed by atoms with Crippen molar-refractivity contribution in [3.8, 4) is 11.3 Å². The van der Waals surface area contributed by atoms with Crippen LogP contribution in [0.25, 0.3) is 11.3 Å². The fourth-order valence-corrected chi connectivity index (χ4v) is 5.36. The molecule has 0 unspecified atom stereocenters. The topological polar surface area (TPSA) is 114 Å². The van der Waals surface area contributed by atoms with Gasteiger partial charge in [0.15, 0.2) is 23.1 Å². The molecule has 3 aromatic rings. The van der Waals surface area contributed by atoms with Gasteiger partial charge in [-0.05, 0) is 34.1 Å². The number of aromatic nitrogens is 4. The number of alkyl halides is 3. The van der Waals surface area contributed by atoms with Crippen LogP contribution in [0.3, 0.4) is 0 Å². The van der Waals surface area contributed by atoms with Crippen LogP contribution in [-0.2, 0) is 10.9 Å². The SMILES string of the molecule is OC[C@H]1O[C@H](Sc2cnc(C(F)(F)F)c(Br)c2)[C@H](O)[C@@H](n2cc(-c3cc(F)c(F)c(F)c3)nn2)[C@H]1O. The van der Waals surface area contributed by atoms with E-state index in [1.807, 2.05) is 0 Å². The monoisotopic (exact) mass is 600 g/mol. The fourth-order valence-electron chi connectivity index (χ4n) is 3.56. The van der Waals surface area contributed by atoms with E-state index < -0.39 is 65.7 Å². The number of rotatable bonds is 5. The summed E-state index contributed by atoms with van der Waals surface area (Å²) in [4.78, 5) is 3.55. The zero-order valence-electron chi connectivity index (χ0n) is 17.6. The molecule has 1 aliphatic heterocycles. The predicted molar refractivity (Wildman–Crippen MR) is 115 cm³/mol. The van der Waals surface area contributed by atoms with Gasteiger partial charge in [0.05, 0.1) is 12.8 Å². The minimum absolute atomic E-state index is 0.112. The van der Waals surface area contributed by atoms with Crippen LogP contribution in [-0.4, -0.2) is 65.7 Å². The van der Waals surface area contributed by atoms with Crippen molar-refractivity contribution in [1.29, 1.82) is 0 Å². The number of nitrogens with zero attached hydrogens (tertiary/aromatic N) is 4. The molecular formula is C20H15BrF6N4O4S. The zero-order valence-corrected chi connectivity index (χ0v) is 20.0. The van der Waals surface area contributed by atoms with Crippen LogP contribution in [0.2, 0.25) is 0 Å². The Morgan fingerprint density at radius 1 is 1.08 bits per heavy atom. The Labute approximate surface area is 211 Å². The van der Waals surface area contributed by atoms with Gasteiger partial charge in [-0.25, -0.2) is 22.8 Å². The second-order valence-electron chi connectivity index (χ2n) is 7.65. The van der Waals surface area contributed by atoms with Gasteiger partial charge >= 0.3 is 6.18 Å². The number of hydrogen-bond donors (Lipinski definition) is 3. The summed E-state index contributed by atoms with van der Waals surface area (Å²) in [5.41, 5.74) is -2.64. The van der Waals surface area contributed by atoms with Crippen molar-refractivity contribution < 1.29 is 46.4 Å². The molecule has 0 aliphatic carbocycles. The first-order chi connectivity index (χ1) is 16.9. The number of pyridine rings is 1. The molecular weight excluding hydrogens is 586 g/mol. The molecule has 0 amide bonds. The highest BCUT2D eigenvalue weighted by atomic mass is 79.9. The molecule has 1 saturated heterocycles. The molecule has 0 saturated carbocycles. The fraction of sp³-hybridized carbons (Fsp3) is 0.350. The lowest BCUT2D eigenvalue weighted by Gasteiger charge is -2.41. The molecule has 1 fully saturated rings. The molecule has 3 N–H and O–H groups in total. The van der Waals surface area contributed by atoms with E-state index in [0.29, 0.717) is 12.1 Å². The van der Waals surface area contributed by atoms with Crippen molar-refractivity contribution in [2.24, 2.45) is 0 Å². The molecule has 0 bridgehead atoms. The Hall–Kier alpha value is -2.24. The van der Waals surface area contributed by atoms with Crippen LogP contribution in [0.5, 0.6) is 0 Å². The number of thioether (sulfide) groups is 1. The third kappa shape index (κ3) is 5.24. The molecule has 2 aromatic heterocycles. The molecule has 0 radical (unpaired) electrons. The minimum Gasteiger partial charge on any atom is -0.394 e. The Morgan fingerprint density at radius 2 is 1.75 bits per heavy atom. The summed E-state index contributed by atoms with van der Waals surface area (Å²) in [6.07, 6.45) is -6.95. The van der Waals surface area contributed by atoms with E-state index in [4.69, 9.17) is 4.74 Å². The molecule has 5 atom stereocenters. The molecule has 8 nitrogen and oxygen atoms in total. The summed E-state index contributed by atoms with van der Waals surface area (Å²) < 4.78 is 85.6. The standard InChI is InChI=1S/C20H15BrF6N4O4S/c21-9-3-8(4-28-18(9)20(25,26)27)36-19-17(34)15(16(33)13(6-32)35-19)31-5-12(29-30-31)7-1-10(22)14(24)11(23)2-7/h1-5,13,15-17,19,32-34H,6H2/t13-,15+,16+,17-,19-/m1/s1. The number of halogens is 7. The summed E-state index contributed by atoms with van der Waals surface area (Å²) in [6.45, 7) is -0.688. The first-order valence-electron chi connectivity index (χ1n) is 9.99. The van der Waals surface area contributed by atoms with Gasteiger partial charge < -0.3 is 20.1 Å². The Kier molecular flexibility index (Phi) is 7.64. The summed E-state index contributed by atoms with van der Waals surface area (Å²) >= 11 is 3.59. The van der Waals surface area contributed by atoms with Crippen LogP contribution in [0.4, 0.5) is 26.3 Å². The number of ether oxygens (including phenoxy) is 1. The summed E-state index contributed by atoms with van der Waals surface area (Å²) in [5, 5.41) is 38.8. The van der Waals surface area contributed by atoms with Gasteiger partial charge in [-0.3, -0.25) is 0 Å². The molecule has 16 heteroatoms. The van der Waals surface area contributed by atoms with Crippen LogP contribution in [0.1, 0.15) is 11.7 Å². The van der Waals surface area contributed by atoms with Crippen molar-refractivity contribution in [1.82, 2.24) is 20.0 Å². The van der Waals surface area contributed by atoms with Crippen LogP contribution in [0, 0.1) is 17.5 Å². The lowest BCUT2D eigenvalue weighted by molar-refractivity contribution is -0.178. The Balaban J connectivity index is 1.62.